The van der Waals surface area contributed by atoms with Crippen LogP contribution in [-0.2, 0) is 0 Å². The van der Waals surface area contributed by atoms with Gasteiger partial charge in [-0.2, -0.15) is 0 Å². The van der Waals surface area contributed by atoms with E-state index in [1.54, 1.807) is 31.0 Å². The molecule has 32 heavy (non-hydrogen) atoms. The van der Waals surface area contributed by atoms with Gasteiger partial charge in [-0.3, -0.25) is 14.8 Å². The van der Waals surface area contributed by atoms with Crippen LogP contribution in [0.5, 0.6) is 5.88 Å². The second kappa shape index (κ2) is 9.09. The molecule has 0 radical (unpaired) electrons. The summed E-state index contributed by atoms with van der Waals surface area (Å²) in [6.45, 7) is 2.00. The number of ether oxygens (including phenoxy) is 1. The van der Waals surface area contributed by atoms with Gasteiger partial charge in [0, 0.05) is 55.5 Å². The van der Waals surface area contributed by atoms with Gasteiger partial charge in [-0.15, -0.1) is 0 Å². The van der Waals surface area contributed by atoms with E-state index in [1.807, 2.05) is 47.4 Å². The minimum absolute atomic E-state index is 0.0388. The second-order valence-corrected chi connectivity index (χ2v) is 7.90. The van der Waals surface area contributed by atoms with Gasteiger partial charge < -0.3 is 9.64 Å². The predicted octanol–water partition coefficient (Wildman–Crippen LogP) is 4.02. The standard InChI is InChI=1S/C25H23N5O2/c31-25(30-13-7-18(8-14-30)17-32-24-3-1-2-9-28-24)23-15-20(19-4-10-26-11-5-19)21-16-27-12-6-22(21)29-23/h1-6,9-12,15-16,18H,7-8,13-14,17H2. The lowest BCUT2D eigenvalue weighted by molar-refractivity contribution is 0.0654. The maximum absolute atomic E-state index is 13.3. The molecule has 7 nitrogen and oxygen atoms in total. The third-order valence-corrected chi connectivity index (χ3v) is 5.83. The molecule has 7 heteroatoms. The number of rotatable bonds is 5. The number of amides is 1. The van der Waals surface area contributed by atoms with Gasteiger partial charge in [0.2, 0.25) is 5.88 Å². The highest BCUT2D eigenvalue weighted by atomic mass is 16.5. The molecule has 4 aromatic rings. The van der Waals surface area contributed by atoms with Gasteiger partial charge in [-0.25, -0.2) is 9.97 Å². The Morgan fingerprint density at radius 3 is 2.59 bits per heavy atom. The smallest absolute Gasteiger partial charge is 0.272 e. The number of hydrogen-bond acceptors (Lipinski definition) is 6. The van der Waals surface area contributed by atoms with Crippen LogP contribution in [0.4, 0.5) is 0 Å². The van der Waals surface area contributed by atoms with Crippen molar-refractivity contribution in [1.29, 1.82) is 0 Å². The van der Waals surface area contributed by atoms with Gasteiger partial charge in [0.05, 0.1) is 12.1 Å². The molecule has 0 unspecified atom stereocenters. The van der Waals surface area contributed by atoms with Crippen LogP contribution in [0.1, 0.15) is 23.3 Å². The first-order valence-corrected chi connectivity index (χ1v) is 10.8. The van der Waals surface area contributed by atoms with Gasteiger partial charge in [0.1, 0.15) is 5.69 Å². The van der Waals surface area contributed by atoms with E-state index in [0.29, 0.717) is 37.2 Å². The van der Waals surface area contributed by atoms with E-state index in [9.17, 15) is 4.79 Å². The van der Waals surface area contributed by atoms with Gasteiger partial charge in [0.15, 0.2) is 0 Å². The van der Waals surface area contributed by atoms with Crippen LogP contribution >= 0.6 is 0 Å². The van der Waals surface area contributed by atoms with E-state index in [2.05, 4.69) is 19.9 Å². The number of pyridine rings is 4. The Hall–Kier alpha value is -3.87. The molecule has 0 spiro atoms. The van der Waals surface area contributed by atoms with E-state index in [1.165, 1.54) is 0 Å². The molecule has 1 aliphatic heterocycles. The van der Waals surface area contributed by atoms with Gasteiger partial charge in [0.25, 0.3) is 5.91 Å². The monoisotopic (exact) mass is 425 g/mol. The highest BCUT2D eigenvalue weighted by molar-refractivity contribution is 6.01. The molecule has 0 bridgehead atoms. The highest BCUT2D eigenvalue weighted by Crippen LogP contribution is 2.29. The van der Waals surface area contributed by atoms with Crippen molar-refractivity contribution in [3.8, 4) is 17.0 Å². The molecular formula is C25H23N5O2. The van der Waals surface area contributed by atoms with Crippen LogP contribution in [0.25, 0.3) is 22.0 Å². The van der Waals surface area contributed by atoms with Crippen molar-refractivity contribution in [3.05, 3.63) is 79.1 Å². The minimum atomic E-state index is -0.0388. The van der Waals surface area contributed by atoms with E-state index in [4.69, 9.17) is 4.74 Å². The Labute approximate surface area is 186 Å². The molecule has 1 fully saturated rings. The Morgan fingerprint density at radius 2 is 1.81 bits per heavy atom. The SMILES string of the molecule is O=C(c1cc(-c2ccncc2)c2cnccc2n1)N1CCC(COc2ccccn2)CC1. The topological polar surface area (TPSA) is 81.1 Å². The average molecular weight is 425 g/mol. The van der Waals surface area contributed by atoms with Crippen LogP contribution < -0.4 is 4.74 Å². The largest absolute Gasteiger partial charge is 0.477 e. The summed E-state index contributed by atoms with van der Waals surface area (Å²) >= 11 is 0. The maximum Gasteiger partial charge on any atom is 0.272 e. The molecular weight excluding hydrogens is 402 g/mol. The van der Waals surface area contributed by atoms with Crippen LogP contribution in [0.15, 0.2) is 73.4 Å². The number of piperidine rings is 1. The van der Waals surface area contributed by atoms with E-state index < -0.39 is 0 Å². The fraction of sp³-hybridized carbons (Fsp3) is 0.240. The zero-order valence-electron chi connectivity index (χ0n) is 17.6. The molecule has 160 valence electrons. The molecule has 4 aromatic heterocycles. The minimum Gasteiger partial charge on any atom is -0.477 e. The summed E-state index contributed by atoms with van der Waals surface area (Å²) in [7, 11) is 0. The lowest BCUT2D eigenvalue weighted by atomic mass is 9.97. The number of hydrogen-bond donors (Lipinski definition) is 0. The molecule has 0 N–H and O–H groups in total. The van der Waals surface area contributed by atoms with Crippen molar-refractivity contribution in [1.82, 2.24) is 24.8 Å². The molecule has 1 aliphatic rings. The zero-order valence-corrected chi connectivity index (χ0v) is 17.6. The first-order valence-electron chi connectivity index (χ1n) is 10.8. The summed E-state index contributed by atoms with van der Waals surface area (Å²) in [5.41, 5.74) is 3.14. The normalized spacial score (nSPS) is 14.4. The fourth-order valence-corrected chi connectivity index (χ4v) is 4.05. The zero-order chi connectivity index (χ0) is 21.8. The number of likely N-dealkylation sites (tertiary alicyclic amines) is 1. The molecule has 1 saturated heterocycles. The highest BCUT2D eigenvalue weighted by Gasteiger charge is 2.25. The van der Waals surface area contributed by atoms with Crippen LogP contribution in [0, 0.1) is 5.92 Å². The fourth-order valence-electron chi connectivity index (χ4n) is 4.05. The molecule has 0 aliphatic carbocycles. The number of nitrogens with zero attached hydrogens (tertiary/aromatic N) is 5. The quantitative estimate of drug-likeness (QED) is 0.480. The maximum atomic E-state index is 13.3. The summed E-state index contributed by atoms with van der Waals surface area (Å²) in [6, 6.07) is 13.2. The summed E-state index contributed by atoms with van der Waals surface area (Å²) < 4.78 is 5.80. The molecule has 5 rings (SSSR count). The van der Waals surface area contributed by atoms with Crippen LogP contribution in [0.2, 0.25) is 0 Å². The van der Waals surface area contributed by atoms with Gasteiger partial charge in [-0.1, -0.05) is 6.07 Å². The number of aromatic nitrogens is 4. The lowest BCUT2D eigenvalue weighted by Gasteiger charge is -2.31. The van der Waals surface area contributed by atoms with Gasteiger partial charge in [-0.05, 0) is 60.2 Å². The van der Waals surface area contributed by atoms with E-state index in [-0.39, 0.29) is 5.91 Å². The third-order valence-electron chi connectivity index (χ3n) is 5.83. The van der Waals surface area contributed by atoms with Crippen molar-refractivity contribution in [2.75, 3.05) is 19.7 Å². The van der Waals surface area contributed by atoms with Crippen molar-refractivity contribution in [2.24, 2.45) is 5.92 Å². The first kappa shape index (κ1) is 20.1. The lowest BCUT2D eigenvalue weighted by Crippen LogP contribution is -2.40. The van der Waals surface area contributed by atoms with Crippen molar-refractivity contribution >= 4 is 16.8 Å². The molecule has 1 amide bonds. The van der Waals surface area contributed by atoms with Crippen LogP contribution in [-0.4, -0.2) is 50.4 Å². The molecule has 0 aromatic carbocycles. The summed E-state index contributed by atoms with van der Waals surface area (Å²) in [5.74, 6) is 1.01. The average Bonchev–Trinajstić information content (AvgIpc) is 2.88. The molecule has 0 atom stereocenters. The molecule has 0 saturated carbocycles. The number of carbonyl (C=O) groups excluding carboxylic acids is 1. The Kier molecular flexibility index (Phi) is 5.70. The second-order valence-electron chi connectivity index (χ2n) is 7.90. The Morgan fingerprint density at radius 1 is 1.00 bits per heavy atom. The van der Waals surface area contributed by atoms with Gasteiger partial charge >= 0.3 is 0 Å². The van der Waals surface area contributed by atoms with Crippen molar-refractivity contribution < 1.29 is 9.53 Å². The van der Waals surface area contributed by atoms with Crippen molar-refractivity contribution in [2.45, 2.75) is 12.8 Å². The molecule has 5 heterocycles. The summed E-state index contributed by atoms with van der Waals surface area (Å²) in [5, 5.41) is 0.917. The van der Waals surface area contributed by atoms with Crippen LogP contribution in [0.3, 0.4) is 0 Å². The Bertz CT molecular complexity index is 1210. The summed E-state index contributed by atoms with van der Waals surface area (Å²) in [4.78, 5) is 32.4. The summed E-state index contributed by atoms with van der Waals surface area (Å²) in [6.07, 6.45) is 10.5. The van der Waals surface area contributed by atoms with Crippen molar-refractivity contribution in [3.63, 3.8) is 0 Å². The van der Waals surface area contributed by atoms with E-state index >= 15 is 0 Å². The Balaban J connectivity index is 1.31. The third kappa shape index (κ3) is 4.27. The number of carbonyl (C=O) groups is 1. The number of fused-ring (bicyclic) bond motifs is 1. The predicted molar refractivity (Wildman–Crippen MR) is 121 cm³/mol. The first-order chi connectivity index (χ1) is 15.8. The van der Waals surface area contributed by atoms with E-state index in [0.717, 1.165) is 34.9 Å².